The molecule has 15 heteroatoms. The number of nitrogens with zero attached hydrogens (tertiary/aromatic N) is 5. The van der Waals surface area contributed by atoms with Gasteiger partial charge in [0.2, 0.25) is 23.5 Å². The number of ketones is 1. The maximum Gasteiger partial charge on any atom is 0.411 e. The highest BCUT2D eigenvalue weighted by Crippen LogP contribution is 2.32. The molecule has 0 unspecified atom stereocenters. The molecule has 234 valence electrons. The zero-order valence-electron chi connectivity index (χ0n) is 25.6. The molecule has 0 bridgehead atoms. The molecule has 2 N–H and O–H groups in total. The number of amides is 2. The first kappa shape index (κ1) is 32.0. The van der Waals surface area contributed by atoms with Crippen molar-refractivity contribution in [2.75, 3.05) is 12.4 Å². The molecule has 4 aromatic rings. The molecule has 0 fully saturated rings. The van der Waals surface area contributed by atoms with Crippen LogP contribution in [0.25, 0.3) is 11.1 Å². The first-order valence-electron chi connectivity index (χ1n) is 13.7. The van der Waals surface area contributed by atoms with E-state index in [9.17, 15) is 23.6 Å². The molecule has 1 aromatic carbocycles. The van der Waals surface area contributed by atoms with Crippen LogP contribution < -0.4 is 16.2 Å². The Morgan fingerprint density at radius 2 is 1.77 bits per heavy atom. The van der Waals surface area contributed by atoms with Crippen LogP contribution in [0.15, 0.2) is 38.0 Å². The van der Waals surface area contributed by atoms with Gasteiger partial charge in [-0.15, -0.1) is 10.2 Å². The van der Waals surface area contributed by atoms with E-state index in [1.807, 2.05) is 20.8 Å². The Morgan fingerprint density at radius 3 is 2.41 bits per heavy atom. The molecule has 2 amide bonds. The molecule has 0 saturated heterocycles. The summed E-state index contributed by atoms with van der Waals surface area (Å²) < 4.78 is 30.9. The third kappa shape index (κ3) is 6.50. The van der Waals surface area contributed by atoms with Crippen LogP contribution in [0.5, 0.6) is 0 Å². The van der Waals surface area contributed by atoms with Gasteiger partial charge in [-0.25, -0.2) is 19.2 Å². The minimum Gasteiger partial charge on any atom is -0.453 e. The van der Waals surface area contributed by atoms with Crippen molar-refractivity contribution in [1.82, 2.24) is 30.0 Å². The number of aromatic nitrogens is 5. The van der Waals surface area contributed by atoms with Gasteiger partial charge in [0.1, 0.15) is 34.8 Å². The average Bonchev–Trinajstić information content (AvgIpc) is 3.61. The number of hydrogen-bond acceptors (Lipinski definition) is 11. The lowest BCUT2D eigenvalue weighted by molar-refractivity contribution is -0.122. The second-order valence-electron chi connectivity index (χ2n) is 12.1. The average molecular weight is 612 g/mol. The Kier molecular flexibility index (Phi) is 8.70. The third-order valence-corrected chi connectivity index (χ3v) is 6.76. The van der Waals surface area contributed by atoms with Gasteiger partial charge < -0.3 is 18.9 Å². The number of anilines is 1. The van der Waals surface area contributed by atoms with Gasteiger partial charge in [0.15, 0.2) is 5.58 Å². The number of fused-ring (bicyclic) bond motifs is 1. The fourth-order valence-corrected chi connectivity index (χ4v) is 4.35. The summed E-state index contributed by atoms with van der Waals surface area (Å²) in [6.07, 6.45) is 0.323. The van der Waals surface area contributed by atoms with Gasteiger partial charge in [0.05, 0.1) is 19.3 Å². The summed E-state index contributed by atoms with van der Waals surface area (Å²) in [7, 11) is 1.15. The van der Waals surface area contributed by atoms with Crippen LogP contribution in [0, 0.1) is 11.7 Å². The number of hydrogen-bond donors (Lipinski definition) is 2. The molecule has 14 nitrogen and oxygen atoms in total. The van der Waals surface area contributed by atoms with Crippen LogP contribution in [-0.2, 0) is 26.9 Å². The van der Waals surface area contributed by atoms with Crippen molar-refractivity contribution in [3.8, 4) is 0 Å². The van der Waals surface area contributed by atoms with E-state index < -0.39 is 58.5 Å². The minimum absolute atomic E-state index is 0.0177. The van der Waals surface area contributed by atoms with Gasteiger partial charge in [-0.1, -0.05) is 34.6 Å². The smallest absolute Gasteiger partial charge is 0.411 e. The Morgan fingerprint density at radius 1 is 1.07 bits per heavy atom. The van der Waals surface area contributed by atoms with E-state index in [4.69, 9.17) is 8.83 Å². The van der Waals surface area contributed by atoms with Crippen molar-refractivity contribution in [1.29, 1.82) is 0 Å². The summed E-state index contributed by atoms with van der Waals surface area (Å²) in [4.78, 5) is 60.3. The van der Waals surface area contributed by atoms with E-state index in [1.165, 1.54) is 24.4 Å². The Bertz CT molecular complexity index is 1780. The monoisotopic (exact) mass is 611 g/mol. The Labute approximate surface area is 251 Å². The number of halogens is 1. The van der Waals surface area contributed by atoms with E-state index in [0.717, 1.165) is 11.7 Å². The topological polar surface area (TPSA) is 184 Å². The minimum atomic E-state index is -1.09. The number of rotatable bonds is 9. The molecule has 3 aromatic heterocycles. The molecular weight excluding hydrogens is 577 g/mol. The molecule has 44 heavy (non-hydrogen) atoms. The van der Waals surface area contributed by atoms with E-state index in [0.29, 0.717) is 11.1 Å². The number of oxazole rings is 1. The normalized spacial score (nSPS) is 12.8. The summed E-state index contributed by atoms with van der Waals surface area (Å²) >= 11 is 0. The second-order valence-corrected chi connectivity index (χ2v) is 12.1. The van der Waals surface area contributed by atoms with Crippen molar-refractivity contribution in [3.05, 3.63) is 64.1 Å². The molecule has 4 rings (SSSR count). The number of Topliss-reactive ketones (excluding diaryl/α,β-unsaturated/α-hetero) is 1. The lowest BCUT2D eigenvalue weighted by atomic mass is 9.93. The number of methoxy groups -OCH3 is 1. The summed E-state index contributed by atoms with van der Waals surface area (Å²) in [6.45, 7) is 11.8. The van der Waals surface area contributed by atoms with Crippen molar-refractivity contribution >= 4 is 34.6 Å². The van der Waals surface area contributed by atoms with E-state index in [-0.39, 0.29) is 29.2 Å². The number of carbonyl (C=O) groups is 3. The zero-order chi connectivity index (χ0) is 32.6. The molecule has 1 atom stereocenters. The van der Waals surface area contributed by atoms with Crippen LogP contribution in [0.4, 0.5) is 14.9 Å². The molecule has 0 aliphatic carbocycles. The maximum atomic E-state index is 13.6. The van der Waals surface area contributed by atoms with E-state index >= 15 is 0 Å². The fourth-order valence-electron chi connectivity index (χ4n) is 4.35. The predicted octanol–water partition coefficient (Wildman–Crippen LogP) is 3.73. The van der Waals surface area contributed by atoms with E-state index in [2.05, 4.69) is 35.5 Å². The molecule has 0 aliphatic heterocycles. The van der Waals surface area contributed by atoms with Crippen LogP contribution in [0.3, 0.4) is 0 Å². The first-order chi connectivity index (χ1) is 20.5. The second kappa shape index (κ2) is 12.0. The Hall–Kier alpha value is -4.95. The van der Waals surface area contributed by atoms with Crippen molar-refractivity contribution in [3.63, 3.8) is 0 Å². The van der Waals surface area contributed by atoms with E-state index in [1.54, 1.807) is 27.7 Å². The Balaban J connectivity index is 1.57. The fraction of sp³-hybridized carbons (Fsp3) is 0.448. The molecule has 0 saturated carbocycles. The summed E-state index contributed by atoms with van der Waals surface area (Å²) in [5.41, 5.74) is -1.92. The highest BCUT2D eigenvalue weighted by Gasteiger charge is 2.37. The highest BCUT2D eigenvalue weighted by atomic mass is 19.1. The van der Waals surface area contributed by atoms with Crippen LogP contribution in [0.2, 0.25) is 0 Å². The van der Waals surface area contributed by atoms with Crippen LogP contribution in [-0.4, -0.2) is 55.7 Å². The predicted molar refractivity (Wildman–Crippen MR) is 155 cm³/mol. The molecule has 3 heterocycles. The molecule has 0 aliphatic rings. The summed E-state index contributed by atoms with van der Waals surface area (Å²) in [5.74, 6) is -2.07. The molecule has 0 radical (unpaired) electrons. The zero-order valence-corrected chi connectivity index (χ0v) is 25.6. The van der Waals surface area contributed by atoms with Crippen molar-refractivity contribution < 1.29 is 32.3 Å². The molecular formula is C29H34FN7O7. The van der Waals surface area contributed by atoms with Crippen LogP contribution in [0.1, 0.15) is 76.8 Å². The quantitative estimate of drug-likeness (QED) is 0.263. The number of carbonyl (C=O) groups excluding carboxylic acids is 3. The van der Waals surface area contributed by atoms with Crippen molar-refractivity contribution in [2.24, 2.45) is 5.92 Å². The summed E-state index contributed by atoms with van der Waals surface area (Å²) in [5, 5.41) is 12.9. The van der Waals surface area contributed by atoms with Gasteiger partial charge in [0, 0.05) is 11.5 Å². The largest absolute Gasteiger partial charge is 0.453 e. The SMILES string of the molecule is COC(=O)Nc1cnc(C(C)(C)C)n(CC(=O)N[C@@H](C(=O)c2nnc(C(C)(C)c3nc4cc(F)ccc4o3)o2)C(C)C)c1=O. The van der Waals surface area contributed by atoms with Crippen molar-refractivity contribution in [2.45, 2.75) is 71.9 Å². The third-order valence-electron chi connectivity index (χ3n) is 6.76. The summed E-state index contributed by atoms with van der Waals surface area (Å²) in [6, 6.07) is 2.85. The van der Waals surface area contributed by atoms with Gasteiger partial charge in [0.25, 0.3) is 11.4 Å². The van der Waals surface area contributed by atoms with Gasteiger partial charge in [-0.05, 0) is 31.9 Å². The van der Waals surface area contributed by atoms with Gasteiger partial charge in [-0.3, -0.25) is 24.3 Å². The van der Waals surface area contributed by atoms with Crippen LogP contribution >= 0.6 is 0 Å². The van der Waals surface area contributed by atoms with Gasteiger partial charge in [-0.2, -0.15) is 0 Å². The maximum absolute atomic E-state index is 13.6. The lowest BCUT2D eigenvalue weighted by Crippen LogP contribution is -2.47. The number of benzene rings is 1. The number of nitrogens with one attached hydrogen (secondary N) is 2. The van der Waals surface area contributed by atoms with Gasteiger partial charge >= 0.3 is 6.09 Å². The molecule has 0 spiro atoms. The first-order valence-corrected chi connectivity index (χ1v) is 13.7. The lowest BCUT2D eigenvalue weighted by Gasteiger charge is -2.24. The highest BCUT2D eigenvalue weighted by molar-refractivity contribution is 5.98. The standard InChI is InChI=1S/C29H34FN7O7/c1-14(2)20(34-19(38)13-37-23(40)17(33-27(41)42-8)12-31-24(37)28(3,4)5)21(39)22-35-36-26(44-22)29(6,7)25-32-16-11-15(30)9-10-18(16)43-25/h9-12,14,20H,13H2,1-8H3,(H,33,41)(H,34,38)/t20-/m1/s1. The number of ether oxygens (including phenoxy) is 1.